The van der Waals surface area contributed by atoms with Crippen LogP contribution in [0, 0.1) is 0 Å². The zero-order chi connectivity index (χ0) is 22.6. The number of hydrogen-bond acceptors (Lipinski definition) is 8. The average Bonchev–Trinajstić information content (AvgIpc) is 3.20. The minimum absolute atomic E-state index is 0.0107. The Kier molecular flexibility index (Phi) is 6.56. The Morgan fingerprint density at radius 2 is 1.94 bits per heavy atom. The number of esters is 1. The van der Waals surface area contributed by atoms with Crippen LogP contribution in [0.4, 0.5) is 11.4 Å². The SMILES string of the molecule is CCOC(=O)C1=NN(c2ccccc2)C(C(=O)Nc2cc(S(N)(=O)=O)ccc2OC)C1. The summed E-state index contributed by atoms with van der Waals surface area (Å²) >= 11 is 0. The minimum atomic E-state index is -3.99. The van der Waals surface area contributed by atoms with Crippen LogP contribution in [0.2, 0.25) is 0 Å². The molecule has 11 heteroatoms. The molecule has 1 heterocycles. The second kappa shape index (κ2) is 9.14. The Bertz CT molecular complexity index is 1120. The molecule has 31 heavy (non-hydrogen) atoms. The minimum Gasteiger partial charge on any atom is -0.495 e. The lowest BCUT2D eigenvalue weighted by Gasteiger charge is -2.23. The van der Waals surface area contributed by atoms with Crippen molar-refractivity contribution in [2.75, 3.05) is 24.0 Å². The third kappa shape index (κ3) is 5.01. The van der Waals surface area contributed by atoms with Crippen molar-refractivity contribution in [2.45, 2.75) is 24.3 Å². The van der Waals surface area contributed by atoms with E-state index in [0.717, 1.165) is 0 Å². The lowest BCUT2D eigenvalue weighted by atomic mass is 10.1. The van der Waals surface area contributed by atoms with Gasteiger partial charge >= 0.3 is 5.97 Å². The van der Waals surface area contributed by atoms with Gasteiger partial charge in [0.15, 0.2) is 0 Å². The molecular weight excluding hydrogens is 424 g/mol. The Balaban J connectivity index is 1.92. The van der Waals surface area contributed by atoms with E-state index in [4.69, 9.17) is 14.6 Å². The summed E-state index contributed by atoms with van der Waals surface area (Å²) in [4.78, 5) is 25.1. The van der Waals surface area contributed by atoms with Crippen molar-refractivity contribution >= 4 is 39.0 Å². The van der Waals surface area contributed by atoms with Crippen LogP contribution in [-0.2, 0) is 24.3 Å². The van der Waals surface area contributed by atoms with Crippen molar-refractivity contribution in [1.29, 1.82) is 0 Å². The highest BCUT2D eigenvalue weighted by atomic mass is 32.2. The number of nitrogens with zero attached hydrogens (tertiary/aromatic N) is 2. The van der Waals surface area contributed by atoms with Gasteiger partial charge in [-0.05, 0) is 37.3 Å². The number of sulfonamides is 1. The van der Waals surface area contributed by atoms with Gasteiger partial charge < -0.3 is 14.8 Å². The molecule has 0 fully saturated rings. The fraction of sp³-hybridized carbons (Fsp3) is 0.250. The molecule has 3 rings (SSSR count). The monoisotopic (exact) mass is 446 g/mol. The second-order valence-corrected chi connectivity index (χ2v) is 8.12. The van der Waals surface area contributed by atoms with Crippen LogP contribution in [0.25, 0.3) is 0 Å². The second-order valence-electron chi connectivity index (χ2n) is 6.56. The molecule has 3 N–H and O–H groups in total. The average molecular weight is 446 g/mol. The first-order valence-corrected chi connectivity index (χ1v) is 10.9. The molecule has 1 amide bonds. The number of anilines is 2. The van der Waals surface area contributed by atoms with Gasteiger partial charge in [-0.15, -0.1) is 0 Å². The predicted molar refractivity (Wildman–Crippen MR) is 114 cm³/mol. The highest BCUT2D eigenvalue weighted by molar-refractivity contribution is 7.89. The number of methoxy groups -OCH3 is 1. The maximum atomic E-state index is 13.1. The molecule has 0 saturated carbocycles. The predicted octanol–water partition coefficient (Wildman–Crippen LogP) is 1.48. The zero-order valence-electron chi connectivity index (χ0n) is 16.9. The molecule has 0 radical (unpaired) electrons. The Hall–Kier alpha value is -3.44. The van der Waals surface area contributed by atoms with Crippen molar-refractivity contribution in [2.24, 2.45) is 10.2 Å². The van der Waals surface area contributed by atoms with Crippen molar-refractivity contribution in [3.05, 3.63) is 48.5 Å². The molecule has 0 spiro atoms. The first kappa shape index (κ1) is 22.2. The van der Waals surface area contributed by atoms with Crippen LogP contribution in [0.1, 0.15) is 13.3 Å². The van der Waals surface area contributed by atoms with Crippen molar-refractivity contribution in [3.8, 4) is 5.75 Å². The molecule has 10 nitrogen and oxygen atoms in total. The molecule has 0 bridgehead atoms. The van der Waals surface area contributed by atoms with Gasteiger partial charge in [0.25, 0.3) is 0 Å². The van der Waals surface area contributed by atoms with Crippen molar-refractivity contribution in [3.63, 3.8) is 0 Å². The number of benzene rings is 2. The molecule has 0 aromatic heterocycles. The van der Waals surface area contributed by atoms with Crippen LogP contribution in [0.15, 0.2) is 58.5 Å². The fourth-order valence-electron chi connectivity index (χ4n) is 3.05. The van der Waals surface area contributed by atoms with E-state index < -0.39 is 27.9 Å². The number of carbonyl (C=O) groups excluding carboxylic acids is 2. The molecule has 2 aromatic rings. The Morgan fingerprint density at radius 1 is 1.23 bits per heavy atom. The van der Waals surface area contributed by atoms with Crippen molar-refractivity contribution < 1.29 is 27.5 Å². The quantitative estimate of drug-likeness (QED) is 0.614. The molecule has 2 aromatic carbocycles. The lowest BCUT2D eigenvalue weighted by molar-refractivity contribution is -0.135. The zero-order valence-corrected chi connectivity index (χ0v) is 17.8. The van der Waals surface area contributed by atoms with Gasteiger partial charge in [0.05, 0.1) is 30.0 Å². The smallest absolute Gasteiger partial charge is 0.354 e. The molecule has 164 valence electrons. The van der Waals surface area contributed by atoms with Gasteiger partial charge in [0.2, 0.25) is 15.9 Å². The summed E-state index contributed by atoms with van der Waals surface area (Å²) < 4.78 is 33.6. The van der Waals surface area contributed by atoms with E-state index in [1.54, 1.807) is 31.2 Å². The highest BCUT2D eigenvalue weighted by Gasteiger charge is 2.37. The van der Waals surface area contributed by atoms with Crippen LogP contribution >= 0.6 is 0 Å². The normalized spacial score (nSPS) is 15.9. The maximum Gasteiger partial charge on any atom is 0.354 e. The van der Waals surface area contributed by atoms with Gasteiger partial charge in [0, 0.05) is 6.42 Å². The van der Waals surface area contributed by atoms with E-state index in [1.807, 2.05) is 6.07 Å². The summed E-state index contributed by atoms with van der Waals surface area (Å²) in [5.74, 6) is -0.874. The van der Waals surface area contributed by atoms with Gasteiger partial charge in [-0.2, -0.15) is 5.10 Å². The number of nitrogens with one attached hydrogen (secondary N) is 1. The number of hydrogen-bond donors (Lipinski definition) is 2. The molecule has 0 saturated heterocycles. The largest absolute Gasteiger partial charge is 0.495 e. The third-order valence-electron chi connectivity index (χ3n) is 4.50. The molecule has 1 atom stereocenters. The number of amides is 1. The van der Waals surface area contributed by atoms with Gasteiger partial charge in [-0.1, -0.05) is 18.2 Å². The number of ether oxygens (including phenoxy) is 2. The third-order valence-corrected chi connectivity index (χ3v) is 5.41. The van der Waals surface area contributed by atoms with E-state index in [9.17, 15) is 18.0 Å². The molecule has 1 aliphatic rings. The van der Waals surface area contributed by atoms with Gasteiger partial charge in [-0.3, -0.25) is 9.80 Å². The first-order chi connectivity index (χ1) is 14.7. The number of nitrogens with two attached hydrogens (primary N) is 1. The van der Waals surface area contributed by atoms with Crippen molar-refractivity contribution in [1.82, 2.24) is 0 Å². The van der Waals surface area contributed by atoms with Crippen LogP contribution in [0.3, 0.4) is 0 Å². The number of hydrazone groups is 1. The van der Waals surface area contributed by atoms with E-state index in [2.05, 4.69) is 10.4 Å². The Morgan fingerprint density at radius 3 is 2.55 bits per heavy atom. The van der Waals surface area contributed by atoms with Crippen LogP contribution < -0.4 is 20.2 Å². The van der Waals surface area contributed by atoms with E-state index in [-0.39, 0.29) is 35.1 Å². The number of rotatable bonds is 7. The van der Waals surface area contributed by atoms with Crippen LogP contribution in [0.5, 0.6) is 5.75 Å². The lowest BCUT2D eigenvalue weighted by Crippen LogP contribution is -2.39. The summed E-state index contributed by atoms with van der Waals surface area (Å²) in [6.45, 7) is 1.86. The fourth-order valence-corrected chi connectivity index (χ4v) is 3.59. The standard InChI is InChI=1S/C20H22N4O6S/c1-3-30-20(26)16-12-17(24(23-16)13-7-5-4-6-8-13)19(25)22-15-11-14(31(21,27)28)9-10-18(15)29-2/h4-11,17H,3,12H2,1-2H3,(H,22,25)(H2,21,27,28). The summed E-state index contributed by atoms with van der Waals surface area (Å²) in [5.41, 5.74) is 0.833. The Labute approximate surface area is 179 Å². The van der Waals surface area contributed by atoms with E-state index in [1.165, 1.54) is 30.3 Å². The molecule has 0 aliphatic carbocycles. The van der Waals surface area contributed by atoms with E-state index >= 15 is 0 Å². The van der Waals surface area contributed by atoms with E-state index in [0.29, 0.717) is 5.69 Å². The van der Waals surface area contributed by atoms with Gasteiger partial charge in [0.1, 0.15) is 17.5 Å². The first-order valence-electron chi connectivity index (χ1n) is 9.35. The maximum absolute atomic E-state index is 13.1. The summed E-state index contributed by atoms with van der Waals surface area (Å²) in [6.07, 6.45) is 0.0107. The molecule has 1 aliphatic heterocycles. The molecule has 1 unspecified atom stereocenters. The number of primary sulfonamides is 1. The van der Waals surface area contributed by atoms with Crippen LogP contribution in [-0.4, -0.2) is 45.8 Å². The number of carbonyl (C=O) groups is 2. The van der Waals surface area contributed by atoms with Gasteiger partial charge in [-0.25, -0.2) is 18.4 Å². The highest BCUT2D eigenvalue weighted by Crippen LogP contribution is 2.30. The topological polar surface area (TPSA) is 140 Å². The molecular formula is C20H22N4O6S. The summed E-state index contributed by atoms with van der Waals surface area (Å²) in [5, 5.41) is 13.6. The number of para-hydroxylation sites is 1. The summed E-state index contributed by atoms with van der Waals surface area (Å²) in [6, 6.07) is 11.9. The summed E-state index contributed by atoms with van der Waals surface area (Å²) in [7, 11) is -2.60.